The van der Waals surface area contributed by atoms with Crippen molar-refractivity contribution in [1.82, 2.24) is 0 Å². The fourth-order valence-electron chi connectivity index (χ4n) is 3.85. The highest BCUT2D eigenvalue weighted by molar-refractivity contribution is 6.77. The van der Waals surface area contributed by atoms with Crippen molar-refractivity contribution in [2.24, 2.45) is 17.8 Å². The number of ether oxygens (including phenoxy) is 1. The molecule has 1 aliphatic heterocycles. The zero-order chi connectivity index (χ0) is 18.0. The minimum atomic E-state index is -2.80. The minimum Gasteiger partial charge on any atom is -0.463 e. The van der Waals surface area contributed by atoms with Gasteiger partial charge in [-0.05, 0) is 44.3 Å². The van der Waals surface area contributed by atoms with E-state index < -0.39 is 36.7 Å². The summed E-state index contributed by atoms with van der Waals surface area (Å²) in [5.74, 6) is 0.834. The van der Waals surface area contributed by atoms with E-state index in [-0.39, 0.29) is 25.1 Å². The Labute approximate surface area is 155 Å². The summed E-state index contributed by atoms with van der Waals surface area (Å²) < 4.78 is 35.0. The number of carbonyl (C=O) groups excluding carboxylic acids is 1. The second-order valence-electron chi connectivity index (χ2n) is 6.98. The van der Waals surface area contributed by atoms with Gasteiger partial charge < -0.3 is 25.6 Å². The molecule has 0 N–H and O–H groups in total. The lowest BCUT2D eigenvalue weighted by Crippen LogP contribution is -2.55. The third kappa shape index (κ3) is 5.20. The maximum Gasteiger partial charge on any atom is 0.479 e. The largest absolute Gasteiger partial charge is 0.479 e. The molecule has 5 atom stereocenters. The van der Waals surface area contributed by atoms with Crippen molar-refractivity contribution in [1.29, 1.82) is 0 Å². The monoisotopic (exact) mass is 420 g/mol. The topological polar surface area (TPSA) is 72.5 Å². The zero-order valence-corrected chi connectivity index (χ0v) is 19.8. The molecule has 0 radical (unpaired) electrons. The first-order valence-electron chi connectivity index (χ1n) is 9.00. The molecule has 0 amide bonds. The van der Waals surface area contributed by atoms with Crippen molar-refractivity contribution in [2.75, 3.05) is 13.2 Å². The Hall–Kier alpha value is -0.122. The molecular formula is C14H28O7Si4. The van der Waals surface area contributed by atoms with Crippen LogP contribution >= 0.6 is 0 Å². The van der Waals surface area contributed by atoms with Crippen molar-refractivity contribution in [3.05, 3.63) is 12.2 Å². The van der Waals surface area contributed by atoms with Crippen LogP contribution in [0.5, 0.6) is 0 Å². The van der Waals surface area contributed by atoms with Gasteiger partial charge in [0.1, 0.15) is 6.61 Å². The third-order valence-corrected chi connectivity index (χ3v) is 17.7. The summed E-state index contributed by atoms with van der Waals surface area (Å²) in [7, 11) is -8.08. The Kier molecular flexibility index (Phi) is 6.49. The molecule has 11 heteroatoms. The van der Waals surface area contributed by atoms with E-state index >= 15 is 0 Å². The quantitative estimate of drug-likeness (QED) is 0.284. The summed E-state index contributed by atoms with van der Waals surface area (Å²) >= 11 is 0. The van der Waals surface area contributed by atoms with E-state index in [1.807, 2.05) is 26.2 Å². The zero-order valence-electron chi connectivity index (χ0n) is 15.3. The van der Waals surface area contributed by atoms with Crippen molar-refractivity contribution in [3.63, 3.8) is 0 Å². The van der Waals surface area contributed by atoms with E-state index in [0.29, 0.717) is 11.8 Å². The van der Waals surface area contributed by atoms with E-state index in [1.54, 1.807) is 0 Å². The maximum atomic E-state index is 12.2. The lowest BCUT2D eigenvalue weighted by atomic mass is 9.94. The van der Waals surface area contributed by atoms with Crippen LogP contribution in [0.3, 0.4) is 0 Å². The van der Waals surface area contributed by atoms with Gasteiger partial charge in [0.05, 0.1) is 12.5 Å². The molecule has 0 aromatic carbocycles. The molecule has 5 unspecified atom stereocenters. The Morgan fingerprint density at radius 1 is 1.08 bits per heavy atom. The van der Waals surface area contributed by atoms with Crippen LogP contribution in [0.4, 0.5) is 0 Å². The molecule has 0 aromatic heterocycles. The first-order chi connectivity index (χ1) is 11.8. The van der Waals surface area contributed by atoms with Crippen molar-refractivity contribution in [2.45, 2.75) is 39.0 Å². The Bertz CT molecular complexity index is 505. The van der Waals surface area contributed by atoms with Gasteiger partial charge in [0.25, 0.3) is 9.28 Å². The van der Waals surface area contributed by atoms with Crippen LogP contribution in [-0.4, -0.2) is 55.8 Å². The molecule has 2 fully saturated rings. The minimum absolute atomic E-state index is 0.0184. The smallest absolute Gasteiger partial charge is 0.463 e. The first-order valence-corrected chi connectivity index (χ1v) is 17.5. The van der Waals surface area contributed by atoms with Gasteiger partial charge in [-0.1, -0.05) is 12.2 Å². The number of carbonyl (C=O) groups is 1. The van der Waals surface area contributed by atoms with Crippen molar-refractivity contribution in [3.8, 4) is 0 Å². The van der Waals surface area contributed by atoms with E-state index in [9.17, 15) is 4.79 Å². The van der Waals surface area contributed by atoms with Gasteiger partial charge in [0, 0.05) is 6.55 Å². The molecule has 2 bridgehead atoms. The number of fused-ring (bicyclic) bond motifs is 2. The van der Waals surface area contributed by atoms with Crippen LogP contribution in [0.25, 0.3) is 0 Å². The SMILES string of the molecule is C[SiH]1O[SiH](C)O[Si](C)(OCCOC(=O)C2CC3C=CC2C3)O[SiH](C)O1. The van der Waals surface area contributed by atoms with Crippen LogP contribution in [0, 0.1) is 17.8 Å². The van der Waals surface area contributed by atoms with Gasteiger partial charge in [-0.2, -0.15) is 0 Å². The van der Waals surface area contributed by atoms with Crippen LogP contribution in [0.1, 0.15) is 12.8 Å². The maximum absolute atomic E-state index is 12.2. The molecule has 3 aliphatic rings. The van der Waals surface area contributed by atoms with Gasteiger partial charge in [0.15, 0.2) is 0 Å². The Morgan fingerprint density at radius 2 is 1.76 bits per heavy atom. The number of hydrogen-bond donors (Lipinski definition) is 0. The normalized spacial score (nSPS) is 43.7. The highest BCUT2D eigenvalue weighted by Crippen LogP contribution is 2.43. The summed E-state index contributed by atoms with van der Waals surface area (Å²) in [4.78, 5) is 12.2. The standard InChI is InChI=1S/C14H28O7Si4/c1-22-18-23(2)20-25(4,21-24(3)19-22)17-8-7-16-14(15)13-10-11-5-6-12(13)9-11/h5-6,11-13,22-24H,7-10H2,1-4H3. The lowest BCUT2D eigenvalue weighted by Gasteiger charge is -2.35. The van der Waals surface area contributed by atoms with Gasteiger partial charge in [-0.25, -0.2) is 0 Å². The predicted molar refractivity (Wildman–Crippen MR) is 101 cm³/mol. The fourth-order valence-corrected chi connectivity index (χ4v) is 17.0. The van der Waals surface area contributed by atoms with Crippen LogP contribution in [0.15, 0.2) is 12.2 Å². The van der Waals surface area contributed by atoms with E-state index in [0.717, 1.165) is 12.8 Å². The summed E-state index contributed by atoms with van der Waals surface area (Å²) in [6.07, 6.45) is 6.39. The van der Waals surface area contributed by atoms with Gasteiger partial charge in [-0.3, -0.25) is 4.79 Å². The van der Waals surface area contributed by atoms with E-state index in [1.165, 1.54) is 0 Å². The number of hydrogen-bond acceptors (Lipinski definition) is 7. The summed E-state index contributed by atoms with van der Waals surface area (Å²) in [6, 6.07) is 0. The average Bonchev–Trinajstić information content (AvgIpc) is 3.12. The molecule has 7 nitrogen and oxygen atoms in total. The molecular weight excluding hydrogens is 392 g/mol. The lowest BCUT2D eigenvalue weighted by molar-refractivity contribution is -0.150. The molecule has 3 rings (SSSR count). The average molecular weight is 421 g/mol. The van der Waals surface area contributed by atoms with Crippen LogP contribution in [-0.2, 0) is 30.4 Å². The van der Waals surface area contributed by atoms with Gasteiger partial charge in [0.2, 0.25) is 0 Å². The highest BCUT2D eigenvalue weighted by atomic mass is 28.5. The number of rotatable bonds is 5. The molecule has 142 valence electrons. The Balaban J connectivity index is 1.42. The Morgan fingerprint density at radius 3 is 2.32 bits per heavy atom. The third-order valence-electron chi connectivity index (χ3n) is 4.80. The second kappa shape index (κ2) is 8.27. The molecule has 2 aliphatic carbocycles. The molecule has 25 heavy (non-hydrogen) atoms. The van der Waals surface area contributed by atoms with Crippen molar-refractivity contribution < 1.29 is 30.4 Å². The summed E-state index contributed by atoms with van der Waals surface area (Å²) in [5, 5.41) is 0. The molecule has 1 heterocycles. The fraction of sp³-hybridized carbons (Fsp3) is 0.786. The summed E-state index contributed by atoms with van der Waals surface area (Å²) in [5.41, 5.74) is 0. The predicted octanol–water partition coefficient (Wildman–Crippen LogP) is 0.958. The van der Waals surface area contributed by atoms with E-state index in [4.69, 9.17) is 25.6 Å². The van der Waals surface area contributed by atoms with Gasteiger partial charge in [-0.15, -0.1) is 0 Å². The van der Waals surface area contributed by atoms with E-state index in [2.05, 4.69) is 12.2 Å². The first kappa shape index (κ1) is 19.6. The molecule has 0 spiro atoms. The van der Waals surface area contributed by atoms with Crippen LogP contribution < -0.4 is 0 Å². The second-order valence-corrected chi connectivity index (χ2v) is 16.5. The van der Waals surface area contributed by atoms with Crippen LogP contribution in [0.2, 0.25) is 26.2 Å². The highest BCUT2D eigenvalue weighted by Gasteiger charge is 2.43. The molecule has 1 saturated heterocycles. The van der Waals surface area contributed by atoms with Gasteiger partial charge >= 0.3 is 33.3 Å². The number of allylic oxidation sites excluding steroid dienone is 2. The van der Waals surface area contributed by atoms with Crippen molar-refractivity contribution >= 4 is 42.6 Å². The molecule has 0 aromatic rings. The molecule has 1 saturated carbocycles. The number of esters is 1. The summed E-state index contributed by atoms with van der Waals surface area (Å²) in [6.45, 7) is 8.29.